The number of carbonyl (C=O) groups excluding carboxylic acids is 2. The summed E-state index contributed by atoms with van der Waals surface area (Å²) in [7, 11) is 0. The molecular weight excluding hydrogens is 350 g/mol. The molecule has 128 valence electrons. The van der Waals surface area contributed by atoms with Gasteiger partial charge in [-0.15, -0.1) is 6.42 Å². The molecule has 0 radical (unpaired) electrons. The van der Waals surface area contributed by atoms with Crippen LogP contribution >= 0.6 is 11.6 Å². The summed E-state index contributed by atoms with van der Waals surface area (Å²) in [4.78, 5) is 28.7. The maximum Gasteiger partial charge on any atom is 0.253 e. The Labute approximate surface area is 155 Å². The third kappa shape index (κ3) is 4.00. The van der Waals surface area contributed by atoms with Crippen LogP contribution in [-0.2, 0) is 4.79 Å². The van der Waals surface area contributed by atoms with Crippen LogP contribution < -0.4 is 10.6 Å². The number of anilines is 1. The van der Waals surface area contributed by atoms with Crippen molar-refractivity contribution in [1.29, 1.82) is 0 Å². The van der Waals surface area contributed by atoms with Crippen molar-refractivity contribution in [2.24, 2.45) is 0 Å². The molecule has 3 rings (SSSR count). The maximum atomic E-state index is 12.5. The van der Waals surface area contributed by atoms with E-state index in [9.17, 15) is 9.59 Å². The van der Waals surface area contributed by atoms with Gasteiger partial charge in [0.1, 0.15) is 0 Å². The Kier molecular flexibility index (Phi) is 5.16. The van der Waals surface area contributed by atoms with Gasteiger partial charge in [0.05, 0.1) is 17.6 Å². The van der Waals surface area contributed by atoms with E-state index in [1.54, 1.807) is 42.6 Å². The molecule has 0 aliphatic rings. The van der Waals surface area contributed by atoms with Crippen LogP contribution in [0.4, 0.5) is 5.69 Å². The Hall–Kier alpha value is -3.36. The molecule has 0 saturated carbocycles. The number of aromatic nitrogens is 1. The number of terminal acetylenes is 1. The van der Waals surface area contributed by atoms with E-state index in [4.69, 9.17) is 18.0 Å². The minimum absolute atomic E-state index is 0.194. The predicted molar refractivity (Wildman–Crippen MR) is 102 cm³/mol. The first kappa shape index (κ1) is 17.5. The molecular formula is C20H14ClN3O2. The van der Waals surface area contributed by atoms with Crippen molar-refractivity contribution in [2.45, 2.75) is 0 Å². The summed E-state index contributed by atoms with van der Waals surface area (Å²) in [5, 5.41) is 6.43. The maximum absolute atomic E-state index is 12.5. The van der Waals surface area contributed by atoms with Gasteiger partial charge in [0.2, 0.25) is 5.91 Å². The van der Waals surface area contributed by atoms with Gasteiger partial charge in [0, 0.05) is 27.9 Å². The van der Waals surface area contributed by atoms with E-state index in [1.165, 1.54) is 6.07 Å². The normalized spacial score (nSPS) is 10.2. The van der Waals surface area contributed by atoms with E-state index in [1.807, 2.05) is 6.07 Å². The third-order valence-corrected chi connectivity index (χ3v) is 3.85. The number of hydrogen-bond donors (Lipinski definition) is 2. The summed E-state index contributed by atoms with van der Waals surface area (Å²) < 4.78 is 0. The summed E-state index contributed by atoms with van der Waals surface area (Å²) in [5.41, 5.74) is 2.06. The number of rotatable bonds is 4. The third-order valence-electron chi connectivity index (χ3n) is 3.64. The van der Waals surface area contributed by atoms with Crippen molar-refractivity contribution in [3.05, 3.63) is 70.9 Å². The molecule has 0 aliphatic heterocycles. The SMILES string of the molecule is C#Cc1cccc(NC(=O)CNC(=O)c2cc(Cl)cc3cccnc23)c1. The molecule has 0 saturated heterocycles. The number of pyridine rings is 1. The Morgan fingerprint density at radius 1 is 1.15 bits per heavy atom. The molecule has 5 nitrogen and oxygen atoms in total. The Bertz CT molecular complexity index is 1040. The van der Waals surface area contributed by atoms with Crippen LogP contribution in [0.1, 0.15) is 15.9 Å². The van der Waals surface area contributed by atoms with Gasteiger partial charge in [-0.1, -0.05) is 29.7 Å². The lowest BCUT2D eigenvalue weighted by molar-refractivity contribution is -0.115. The second kappa shape index (κ2) is 7.68. The van der Waals surface area contributed by atoms with Gasteiger partial charge < -0.3 is 10.6 Å². The van der Waals surface area contributed by atoms with Crippen molar-refractivity contribution < 1.29 is 9.59 Å². The quantitative estimate of drug-likeness (QED) is 0.699. The molecule has 2 aromatic carbocycles. The molecule has 0 fully saturated rings. The van der Waals surface area contributed by atoms with Gasteiger partial charge in [0.25, 0.3) is 5.91 Å². The van der Waals surface area contributed by atoms with E-state index in [0.29, 0.717) is 27.4 Å². The number of nitrogens with one attached hydrogen (secondary N) is 2. The zero-order valence-electron chi connectivity index (χ0n) is 13.6. The van der Waals surface area contributed by atoms with Crippen LogP contribution in [-0.4, -0.2) is 23.3 Å². The van der Waals surface area contributed by atoms with E-state index in [0.717, 1.165) is 5.39 Å². The average molecular weight is 364 g/mol. The Morgan fingerprint density at radius 3 is 2.81 bits per heavy atom. The number of hydrogen-bond acceptors (Lipinski definition) is 3. The fourth-order valence-corrected chi connectivity index (χ4v) is 2.70. The first-order valence-corrected chi connectivity index (χ1v) is 8.13. The highest BCUT2D eigenvalue weighted by Crippen LogP contribution is 2.22. The lowest BCUT2D eigenvalue weighted by Gasteiger charge is -2.09. The topological polar surface area (TPSA) is 71.1 Å². The highest BCUT2D eigenvalue weighted by atomic mass is 35.5. The molecule has 0 atom stereocenters. The summed E-state index contributed by atoms with van der Waals surface area (Å²) in [6, 6.07) is 13.7. The lowest BCUT2D eigenvalue weighted by atomic mass is 10.1. The monoisotopic (exact) mass is 363 g/mol. The minimum atomic E-state index is -0.427. The molecule has 26 heavy (non-hydrogen) atoms. The molecule has 0 unspecified atom stereocenters. The summed E-state index contributed by atoms with van der Waals surface area (Å²) >= 11 is 6.06. The van der Waals surface area contributed by atoms with E-state index in [-0.39, 0.29) is 12.5 Å². The lowest BCUT2D eigenvalue weighted by Crippen LogP contribution is -2.33. The predicted octanol–water partition coefficient (Wildman–Crippen LogP) is 3.24. The molecule has 3 aromatic rings. The number of amides is 2. The number of carbonyl (C=O) groups is 2. The molecule has 0 aliphatic carbocycles. The summed E-state index contributed by atoms with van der Waals surface area (Å²) in [6.45, 7) is -0.194. The molecule has 1 aromatic heterocycles. The molecule has 1 heterocycles. The van der Waals surface area contributed by atoms with E-state index >= 15 is 0 Å². The summed E-state index contributed by atoms with van der Waals surface area (Å²) in [6.07, 6.45) is 6.93. The number of halogens is 1. The first-order valence-electron chi connectivity index (χ1n) is 7.76. The fraction of sp³-hybridized carbons (Fsp3) is 0.0500. The van der Waals surface area contributed by atoms with Gasteiger partial charge in [-0.05, 0) is 36.4 Å². The second-order valence-corrected chi connectivity index (χ2v) is 5.92. The van der Waals surface area contributed by atoms with Gasteiger partial charge in [0.15, 0.2) is 0 Å². The van der Waals surface area contributed by atoms with E-state index < -0.39 is 5.91 Å². The fourth-order valence-electron chi connectivity index (χ4n) is 2.48. The minimum Gasteiger partial charge on any atom is -0.343 e. The molecule has 2 N–H and O–H groups in total. The highest BCUT2D eigenvalue weighted by Gasteiger charge is 2.14. The van der Waals surface area contributed by atoms with Crippen LogP contribution in [0.15, 0.2) is 54.7 Å². The highest BCUT2D eigenvalue weighted by molar-refractivity contribution is 6.32. The second-order valence-electron chi connectivity index (χ2n) is 5.48. The molecule has 0 spiro atoms. The van der Waals surface area contributed by atoms with Crippen molar-refractivity contribution in [1.82, 2.24) is 10.3 Å². The summed E-state index contributed by atoms with van der Waals surface area (Å²) in [5.74, 6) is 1.70. The number of fused-ring (bicyclic) bond motifs is 1. The van der Waals surface area contributed by atoms with Crippen molar-refractivity contribution in [2.75, 3.05) is 11.9 Å². The first-order chi connectivity index (χ1) is 12.6. The smallest absolute Gasteiger partial charge is 0.253 e. The van der Waals surface area contributed by atoms with Gasteiger partial charge >= 0.3 is 0 Å². The molecule has 6 heteroatoms. The van der Waals surface area contributed by atoms with Gasteiger partial charge in [-0.25, -0.2) is 0 Å². The van der Waals surface area contributed by atoms with Crippen molar-refractivity contribution >= 4 is 40.0 Å². The van der Waals surface area contributed by atoms with Gasteiger partial charge in [-0.2, -0.15) is 0 Å². The molecule has 0 bridgehead atoms. The van der Waals surface area contributed by atoms with Crippen LogP contribution in [0, 0.1) is 12.3 Å². The molecule has 2 amide bonds. The van der Waals surface area contributed by atoms with Crippen LogP contribution in [0.25, 0.3) is 10.9 Å². The number of benzene rings is 2. The zero-order chi connectivity index (χ0) is 18.5. The largest absolute Gasteiger partial charge is 0.343 e. The standard InChI is InChI=1S/C20H14ClN3O2/c1-2-13-5-3-7-16(9-13)24-18(25)12-23-20(26)17-11-15(21)10-14-6-4-8-22-19(14)17/h1,3-11H,12H2,(H,23,26)(H,24,25). The number of nitrogens with zero attached hydrogens (tertiary/aromatic N) is 1. The van der Waals surface area contributed by atoms with Crippen LogP contribution in [0.3, 0.4) is 0 Å². The Balaban J connectivity index is 1.69. The van der Waals surface area contributed by atoms with Gasteiger partial charge in [-0.3, -0.25) is 14.6 Å². The average Bonchev–Trinajstić information content (AvgIpc) is 2.65. The zero-order valence-corrected chi connectivity index (χ0v) is 14.4. The van der Waals surface area contributed by atoms with Crippen molar-refractivity contribution in [3.63, 3.8) is 0 Å². The van der Waals surface area contributed by atoms with Crippen molar-refractivity contribution in [3.8, 4) is 12.3 Å². The van der Waals surface area contributed by atoms with Crippen LogP contribution in [0.2, 0.25) is 5.02 Å². The van der Waals surface area contributed by atoms with E-state index in [2.05, 4.69) is 21.5 Å². The van der Waals surface area contributed by atoms with Crippen LogP contribution in [0.5, 0.6) is 0 Å². The Morgan fingerprint density at radius 2 is 2.00 bits per heavy atom.